The molecule has 9 heteroatoms. The zero-order valence-electron chi connectivity index (χ0n) is 21.6. The highest BCUT2D eigenvalue weighted by Crippen LogP contribution is 2.53. The third kappa shape index (κ3) is 3.76. The fraction of sp³-hybridized carbons (Fsp3) is 0.194. The van der Waals surface area contributed by atoms with Crippen LogP contribution in [0.5, 0.6) is 0 Å². The molecule has 0 radical (unpaired) electrons. The summed E-state index contributed by atoms with van der Waals surface area (Å²) in [5, 5.41) is 1.70. The number of anilines is 2. The van der Waals surface area contributed by atoms with Gasteiger partial charge >= 0.3 is 0 Å². The maximum atomic E-state index is 11.2. The number of nitrogens with zero attached hydrogens (tertiary/aromatic N) is 5. The third-order valence-corrected chi connectivity index (χ3v) is 10.7. The van der Waals surface area contributed by atoms with Gasteiger partial charge in [-0.2, -0.15) is 8.75 Å². The minimum Gasteiger partial charge on any atom is -0.338 e. The third-order valence-electron chi connectivity index (χ3n) is 8.12. The molecule has 2 atom stereocenters. The molecule has 2 aliphatic rings. The number of carbonyl (C=O) groups is 1. The fourth-order valence-corrected chi connectivity index (χ4v) is 8.53. The summed E-state index contributed by atoms with van der Waals surface area (Å²) in [5.41, 5.74) is 10.1. The van der Waals surface area contributed by atoms with Gasteiger partial charge < -0.3 is 4.90 Å². The fourth-order valence-electron chi connectivity index (χ4n) is 6.26. The van der Waals surface area contributed by atoms with E-state index in [2.05, 4.69) is 74.1 Å². The van der Waals surface area contributed by atoms with Gasteiger partial charge in [0.2, 0.25) is 0 Å². The molecular weight excluding hydrogens is 555 g/mol. The number of carbonyl (C=O) groups excluding carboxylic acids is 1. The van der Waals surface area contributed by atoms with E-state index in [9.17, 15) is 4.79 Å². The SMILES string of the molecule is Cc1ccc(N2c3ccc(-c4cnc(-c5ccc(-c6ncc(C=O)s6)c6nsnc56)s4)cc3C3CCCC32)cc1. The molecule has 3 aromatic heterocycles. The van der Waals surface area contributed by atoms with Gasteiger partial charge in [-0.15, -0.1) is 22.7 Å². The Kier molecular flexibility index (Phi) is 5.65. The Hall–Kier alpha value is -3.79. The molecule has 8 rings (SSSR count). The maximum Gasteiger partial charge on any atom is 0.161 e. The summed E-state index contributed by atoms with van der Waals surface area (Å²) in [6.07, 6.45) is 8.16. The first-order valence-electron chi connectivity index (χ1n) is 13.3. The minimum atomic E-state index is 0.536. The number of aldehydes is 1. The van der Waals surface area contributed by atoms with Gasteiger partial charge in [-0.25, -0.2) is 9.97 Å². The standard InChI is InChI=1S/C31H23N5OS3/c1-17-5-8-19(9-6-17)36-25-4-2-3-21(25)24-13-18(7-12-26(24)36)27-15-33-31(39-27)23-11-10-22(28-29(23)35-40-34-28)30-32-14-20(16-37)38-30/h5-16,21,25H,2-4H2,1H3. The molecule has 196 valence electrons. The molecule has 1 aliphatic carbocycles. The predicted octanol–water partition coefficient (Wildman–Crippen LogP) is 8.51. The monoisotopic (exact) mass is 577 g/mol. The van der Waals surface area contributed by atoms with E-state index in [0.29, 0.717) is 16.8 Å². The van der Waals surface area contributed by atoms with Crippen LogP contribution >= 0.6 is 34.4 Å². The van der Waals surface area contributed by atoms with Crippen molar-refractivity contribution in [3.63, 3.8) is 0 Å². The van der Waals surface area contributed by atoms with Gasteiger partial charge in [0, 0.05) is 46.9 Å². The smallest absolute Gasteiger partial charge is 0.161 e. The number of benzene rings is 3. The first-order valence-corrected chi connectivity index (χ1v) is 15.7. The Morgan fingerprint density at radius 2 is 1.62 bits per heavy atom. The molecule has 0 N–H and O–H groups in total. The number of fused-ring (bicyclic) bond motifs is 4. The minimum absolute atomic E-state index is 0.536. The number of rotatable bonds is 5. The van der Waals surface area contributed by atoms with E-state index in [0.717, 1.165) is 43.3 Å². The highest BCUT2D eigenvalue weighted by molar-refractivity contribution is 7.18. The topological polar surface area (TPSA) is 71.9 Å². The van der Waals surface area contributed by atoms with Gasteiger partial charge in [0.25, 0.3) is 0 Å². The molecule has 0 bridgehead atoms. The van der Waals surface area contributed by atoms with E-state index in [1.54, 1.807) is 17.5 Å². The largest absolute Gasteiger partial charge is 0.338 e. The maximum absolute atomic E-state index is 11.2. The predicted molar refractivity (Wildman–Crippen MR) is 164 cm³/mol. The molecule has 1 aliphatic heterocycles. The molecular formula is C31H23N5OS3. The second-order valence-corrected chi connectivity index (χ2v) is 13.0. The van der Waals surface area contributed by atoms with Crippen LogP contribution in [0.1, 0.15) is 46.0 Å². The van der Waals surface area contributed by atoms with Crippen LogP contribution in [-0.4, -0.2) is 31.0 Å². The van der Waals surface area contributed by atoms with Gasteiger partial charge in [-0.1, -0.05) is 30.2 Å². The number of aryl methyl sites for hydroxylation is 1. The highest BCUT2D eigenvalue weighted by Gasteiger charge is 2.42. The van der Waals surface area contributed by atoms with Crippen molar-refractivity contribution in [2.75, 3.05) is 4.90 Å². The summed E-state index contributed by atoms with van der Waals surface area (Å²) in [4.78, 5) is 24.7. The van der Waals surface area contributed by atoms with Crippen molar-refractivity contribution >= 4 is 63.1 Å². The van der Waals surface area contributed by atoms with Crippen LogP contribution in [0.15, 0.2) is 67.0 Å². The van der Waals surface area contributed by atoms with Crippen molar-refractivity contribution in [2.45, 2.75) is 38.1 Å². The van der Waals surface area contributed by atoms with Crippen molar-refractivity contribution in [1.82, 2.24) is 18.7 Å². The summed E-state index contributed by atoms with van der Waals surface area (Å²) in [7, 11) is 0. The van der Waals surface area contributed by atoms with Gasteiger partial charge in [0.05, 0.1) is 21.5 Å². The molecule has 0 amide bonds. The first-order chi connectivity index (χ1) is 19.7. The normalized spacial score (nSPS) is 17.9. The van der Waals surface area contributed by atoms with E-state index < -0.39 is 0 Å². The molecule has 2 unspecified atom stereocenters. The second-order valence-electron chi connectivity index (χ2n) is 10.4. The van der Waals surface area contributed by atoms with Crippen LogP contribution in [0.3, 0.4) is 0 Å². The Morgan fingerprint density at radius 1 is 0.875 bits per heavy atom. The van der Waals surface area contributed by atoms with Crippen LogP contribution < -0.4 is 4.90 Å². The lowest BCUT2D eigenvalue weighted by molar-refractivity contribution is 0.112. The zero-order valence-corrected chi connectivity index (χ0v) is 24.0. The Bertz CT molecular complexity index is 1900. The Labute approximate surface area is 243 Å². The van der Waals surface area contributed by atoms with Crippen LogP contribution in [-0.2, 0) is 0 Å². The number of hydrogen-bond acceptors (Lipinski definition) is 9. The van der Waals surface area contributed by atoms with Crippen molar-refractivity contribution in [3.8, 4) is 31.6 Å². The van der Waals surface area contributed by atoms with Crippen molar-refractivity contribution in [2.24, 2.45) is 0 Å². The van der Waals surface area contributed by atoms with Crippen molar-refractivity contribution in [1.29, 1.82) is 0 Å². The van der Waals surface area contributed by atoms with Crippen LogP contribution in [0.2, 0.25) is 0 Å². The summed E-state index contributed by atoms with van der Waals surface area (Å²) < 4.78 is 9.18. The average molecular weight is 578 g/mol. The summed E-state index contributed by atoms with van der Waals surface area (Å²) in [6.45, 7) is 2.14. The van der Waals surface area contributed by atoms with Gasteiger partial charge in [0.15, 0.2) is 6.29 Å². The summed E-state index contributed by atoms with van der Waals surface area (Å²) >= 11 is 4.24. The lowest BCUT2D eigenvalue weighted by atomic mass is 9.96. The van der Waals surface area contributed by atoms with Crippen molar-refractivity contribution in [3.05, 3.63) is 83.0 Å². The first kappa shape index (κ1) is 24.0. The van der Waals surface area contributed by atoms with E-state index in [1.165, 1.54) is 70.4 Å². The average Bonchev–Trinajstić information content (AvgIpc) is 3.81. The number of thiazole rings is 2. The number of hydrogen-bond donors (Lipinski definition) is 0. The Morgan fingerprint density at radius 3 is 2.38 bits per heavy atom. The summed E-state index contributed by atoms with van der Waals surface area (Å²) in [6, 6.07) is 20.5. The van der Waals surface area contributed by atoms with E-state index in [4.69, 9.17) is 4.98 Å². The molecule has 0 spiro atoms. The second kappa shape index (κ2) is 9.40. The summed E-state index contributed by atoms with van der Waals surface area (Å²) in [5.74, 6) is 0.572. The van der Waals surface area contributed by atoms with Gasteiger partial charge in [0.1, 0.15) is 21.0 Å². The highest BCUT2D eigenvalue weighted by atomic mass is 32.1. The molecule has 6 aromatic rings. The zero-order chi connectivity index (χ0) is 26.8. The quantitative estimate of drug-likeness (QED) is 0.191. The Balaban J connectivity index is 1.16. The van der Waals surface area contributed by atoms with Gasteiger partial charge in [-0.3, -0.25) is 4.79 Å². The molecule has 1 fully saturated rings. The van der Waals surface area contributed by atoms with Crippen LogP contribution in [0.25, 0.3) is 42.6 Å². The van der Waals surface area contributed by atoms with E-state index in [-0.39, 0.29) is 0 Å². The molecule has 40 heavy (non-hydrogen) atoms. The van der Waals surface area contributed by atoms with Gasteiger partial charge in [-0.05, 0) is 67.3 Å². The van der Waals surface area contributed by atoms with Crippen LogP contribution in [0, 0.1) is 6.92 Å². The van der Waals surface area contributed by atoms with E-state index in [1.807, 2.05) is 12.3 Å². The lowest BCUT2D eigenvalue weighted by Gasteiger charge is -2.27. The van der Waals surface area contributed by atoms with E-state index >= 15 is 0 Å². The molecule has 3 aromatic carbocycles. The molecule has 0 saturated heterocycles. The lowest BCUT2D eigenvalue weighted by Crippen LogP contribution is -2.26. The van der Waals surface area contributed by atoms with Crippen LogP contribution in [0.4, 0.5) is 11.4 Å². The molecule has 4 heterocycles. The number of aromatic nitrogens is 4. The molecule has 1 saturated carbocycles. The molecule has 6 nitrogen and oxygen atoms in total. The van der Waals surface area contributed by atoms with Crippen molar-refractivity contribution < 1.29 is 4.79 Å².